The number of aryl methyl sites for hydroxylation is 2. The van der Waals surface area contributed by atoms with Crippen molar-refractivity contribution in [3.05, 3.63) is 23.3 Å². The number of sulfonamides is 1. The lowest BCUT2D eigenvalue weighted by Gasteiger charge is -2.18. The normalized spacial score (nSPS) is 12.1. The number of ether oxygens (including phenoxy) is 1. The predicted octanol–water partition coefficient (Wildman–Crippen LogP) is 1.75. The molecule has 0 aliphatic heterocycles. The molecule has 1 amide bonds. The molecular formula is C16H26N2O4S. The van der Waals surface area contributed by atoms with E-state index in [0.29, 0.717) is 5.75 Å². The molecule has 7 heteroatoms. The monoisotopic (exact) mass is 342 g/mol. The predicted molar refractivity (Wildman–Crippen MR) is 90.1 cm³/mol. The Morgan fingerprint density at radius 3 is 2.22 bits per heavy atom. The molecule has 0 atom stereocenters. The highest BCUT2D eigenvalue weighted by Gasteiger charge is 2.22. The number of carbonyl (C=O) groups excluding carboxylic acids is 1. The van der Waals surface area contributed by atoms with E-state index in [0.717, 1.165) is 11.1 Å². The first kappa shape index (κ1) is 19.4. The molecule has 130 valence electrons. The molecule has 0 aromatic heterocycles. The number of benzene rings is 1. The van der Waals surface area contributed by atoms with Gasteiger partial charge in [0.2, 0.25) is 15.9 Å². The van der Waals surface area contributed by atoms with Gasteiger partial charge in [-0.15, -0.1) is 0 Å². The van der Waals surface area contributed by atoms with E-state index < -0.39 is 15.4 Å². The summed E-state index contributed by atoms with van der Waals surface area (Å²) in [7, 11) is -2.26. The highest BCUT2D eigenvalue weighted by atomic mass is 32.2. The standard InChI is InChI=1S/C16H26N2O4S/c1-11-9-13(22-6)14(10-12(11)2)23(20,21)18-8-7-17-15(19)16(3,4)5/h9-10,18H,7-8H2,1-6H3,(H,17,19). The molecule has 1 aromatic carbocycles. The number of nitrogens with one attached hydrogen (secondary N) is 2. The molecule has 0 radical (unpaired) electrons. The summed E-state index contributed by atoms with van der Waals surface area (Å²) in [5, 5.41) is 2.70. The molecular weight excluding hydrogens is 316 g/mol. The van der Waals surface area contributed by atoms with Crippen molar-refractivity contribution in [1.82, 2.24) is 10.0 Å². The van der Waals surface area contributed by atoms with Crippen LogP contribution in [0.1, 0.15) is 31.9 Å². The number of methoxy groups -OCH3 is 1. The Bertz CT molecular complexity index is 676. The highest BCUT2D eigenvalue weighted by molar-refractivity contribution is 7.89. The van der Waals surface area contributed by atoms with Gasteiger partial charge in [0, 0.05) is 18.5 Å². The van der Waals surface area contributed by atoms with Crippen molar-refractivity contribution >= 4 is 15.9 Å². The van der Waals surface area contributed by atoms with Gasteiger partial charge in [0.15, 0.2) is 0 Å². The summed E-state index contributed by atoms with van der Waals surface area (Å²) < 4.78 is 32.5. The van der Waals surface area contributed by atoms with Crippen LogP contribution in [0.25, 0.3) is 0 Å². The fraction of sp³-hybridized carbons (Fsp3) is 0.562. The van der Waals surface area contributed by atoms with E-state index >= 15 is 0 Å². The van der Waals surface area contributed by atoms with Gasteiger partial charge in [-0.1, -0.05) is 20.8 Å². The van der Waals surface area contributed by atoms with Crippen LogP contribution in [0, 0.1) is 19.3 Å². The fourth-order valence-electron chi connectivity index (χ4n) is 1.84. The van der Waals surface area contributed by atoms with Crippen LogP contribution in [-0.2, 0) is 14.8 Å². The van der Waals surface area contributed by atoms with Crippen LogP contribution in [-0.4, -0.2) is 34.5 Å². The van der Waals surface area contributed by atoms with Crippen LogP contribution in [0.3, 0.4) is 0 Å². The highest BCUT2D eigenvalue weighted by Crippen LogP contribution is 2.27. The molecule has 0 aliphatic carbocycles. The smallest absolute Gasteiger partial charge is 0.244 e. The summed E-state index contributed by atoms with van der Waals surface area (Å²) >= 11 is 0. The second kappa shape index (κ2) is 7.31. The number of carbonyl (C=O) groups is 1. The zero-order valence-electron chi connectivity index (χ0n) is 14.6. The van der Waals surface area contributed by atoms with Crippen LogP contribution in [0.2, 0.25) is 0 Å². The molecule has 0 spiro atoms. The molecule has 6 nitrogen and oxygen atoms in total. The van der Waals surface area contributed by atoms with E-state index in [1.165, 1.54) is 7.11 Å². The van der Waals surface area contributed by atoms with E-state index in [2.05, 4.69) is 10.0 Å². The van der Waals surface area contributed by atoms with Crippen molar-refractivity contribution < 1.29 is 17.9 Å². The van der Waals surface area contributed by atoms with Crippen LogP contribution in [0.15, 0.2) is 17.0 Å². The largest absolute Gasteiger partial charge is 0.495 e. The van der Waals surface area contributed by atoms with Gasteiger partial charge in [-0.05, 0) is 37.1 Å². The quantitative estimate of drug-likeness (QED) is 0.772. The summed E-state index contributed by atoms with van der Waals surface area (Å²) in [5.74, 6) is 0.180. The Morgan fingerprint density at radius 1 is 1.13 bits per heavy atom. The van der Waals surface area contributed by atoms with E-state index in [-0.39, 0.29) is 23.9 Å². The van der Waals surface area contributed by atoms with Gasteiger partial charge in [-0.3, -0.25) is 4.79 Å². The second-order valence-electron chi connectivity index (χ2n) is 6.49. The number of rotatable bonds is 6. The van der Waals surface area contributed by atoms with E-state index in [9.17, 15) is 13.2 Å². The lowest BCUT2D eigenvalue weighted by Crippen LogP contribution is -2.39. The zero-order valence-corrected chi connectivity index (χ0v) is 15.4. The number of amides is 1. The van der Waals surface area contributed by atoms with Gasteiger partial charge >= 0.3 is 0 Å². The maximum absolute atomic E-state index is 12.4. The first-order chi connectivity index (χ1) is 10.5. The summed E-state index contributed by atoms with van der Waals surface area (Å²) in [6.07, 6.45) is 0. The summed E-state index contributed by atoms with van der Waals surface area (Å²) in [6, 6.07) is 3.29. The summed E-state index contributed by atoms with van der Waals surface area (Å²) in [5.41, 5.74) is 1.32. The van der Waals surface area contributed by atoms with Crippen molar-refractivity contribution in [3.63, 3.8) is 0 Å². The SMILES string of the molecule is COc1cc(C)c(C)cc1S(=O)(=O)NCCNC(=O)C(C)(C)C. The molecule has 0 bridgehead atoms. The second-order valence-corrected chi connectivity index (χ2v) is 8.23. The van der Waals surface area contributed by atoms with E-state index in [4.69, 9.17) is 4.74 Å². The average molecular weight is 342 g/mol. The summed E-state index contributed by atoms with van der Waals surface area (Å²) in [4.78, 5) is 11.8. The number of hydrogen-bond acceptors (Lipinski definition) is 4. The van der Waals surface area contributed by atoms with Gasteiger partial charge in [-0.2, -0.15) is 0 Å². The molecule has 0 aliphatic rings. The number of hydrogen-bond donors (Lipinski definition) is 2. The Kier molecular flexibility index (Phi) is 6.18. The van der Waals surface area contributed by atoms with Crippen LogP contribution in [0.4, 0.5) is 0 Å². The minimum absolute atomic E-state index is 0.102. The Balaban J connectivity index is 2.78. The lowest BCUT2D eigenvalue weighted by molar-refractivity contribution is -0.128. The minimum atomic E-state index is -3.70. The fourth-order valence-corrected chi connectivity index (χ4v) is 3.10. The van der Waals surface area contributed by atoms with Crippen LogP contribution < -0.4 is 14.8 Å². The van der Waals surface area contributed by atoms with Crippen molar-refractivity contribution in [2.24, 2.45) is 5.41 Å². The van der Waals surface area contributed by atoms with Crippen LogP contribution >= 0.6 is 0 Å². The van der Waals surface area contributed by atoms with Gasteiger partial charge in [0.05, 0.1) is 7.11 Å². The van der Waals surface area contributed by atoms with Crippen molar-refractivity contribution in [1.29, 1.82) is 0 Å². The average Bonchev–Trinajstić information content (AvgIpc) is 2.44. The third-order valence-electron chi connectivity index (χ3n) is 3.45. The van der Waals surface area contributed by atoms with Crippen molar-refractivity contribution in [2.45, 2.75) is 39.5 Å². The molecule has 0 unspecified atom stereocenters. The third-order valence-corrected chi connectivity index (χ3v) is 4.94. The third kappa shape index (κ3) is 5.21. The molecule has 0 saturated heterocycles. The van der Waals surface area contributed by atoms with Crippen molar-refractivity contribution in [2.75, 3.05) is 20.2 Å². The van der Waals surface area contributed by atoms with Crippen LogP contribution in [0.5, 0.6) is 5.75 Å². The molecule has 23 heavy (non-hydrogen) atoms. The first-order valence-corrected chi connectivity index (χ1v) is 8.90. The van der Waals surface area contributed by atoms with Gasteiger partial charge in [0.25, 0.3) is 0 Å². The Labute approximate surface area is 138 Å². The van der Waals surface area contributed by atoms with Gasteiger partial charge in [-0.25, -0.2) is 13.1 Å². The lowest BCUT2D eigenvalue weighted by atomic mass is 9.96. The molecule has 0 fully saturated rings. The molecule has 1 aromatic rings. The van der Waals surface area contributed by atoms with E-state index in [1.807, 2.05) is 13.8 Å². The maximum Gasteiger partial charge on any atom is 0.244 e. The van der Waals surface area contributed by atoms with E-state index in [1.54, 1.807) is 32.9 Å². The summed E-state index contributed by atoms with van der Waals surface area (Å²) in [6.45, 7) is 9.47. The molecule has 1 rings (SSSR count). The maximum atomic E-state index is 12.4. The zero-order chi connectivity index (χ0) is 17.8. The first-order valence-electron chi connectivity index (χ1n) is 7.42. The minimum Gasteiger partial charge on any atom is -0.495 e. The van der Waals surface area contributed by atoms with Gasteiger partial charge in [0.1, 0.15) is 10.6 Å². The van der Waals surface area contributed by atoms with Crippen molar-refractivity contribution in [3.8, 4) is 5.75 Å². The topological polar surface area (TPSA) is 84.5 Å². The Hall–Kier alpha value is -1.60. The molecule has 0 saturated carbocycles. The Morgan fingerprint density at radius 2 is 1.70 bits per heavy atom. The molecule has 2 N–H and O–H groups in total. The van der Waals surface area contributed by atoms with Gasteiger partial charge < -0.3 is 10.1 Å². The molecule has 0 heterocycles.